The SMILES string of the molecule is COc1ccc2c(c1)C1C=CCC1C(c1cc(Br)ccc1O)N2. The predicted octanol–water partition coefficient (Wildman–Crippen LogP) is 4.99. The van der Waals surface area contributed by atoms with E-state index in [0.29, 0.717) is 17.6 Å². The number of hydrogen-bond donors (Lipinski definition) is 2. The molecule has 4 heteroatoms. The van der Waals surface area contributed by atoms with Crippen LogP contribution in [0.5, 0.6) is 11.5 Å². The quantitative estimate of drug-likeness (QED) is 0.730. The molecule has 0 spiro atoms. The molecule has 2 aromatic carbocycles. The number of ether oxygens (including phenoxy) is 1. The fraction of sp³-hybridized carbons (Fsp3) is 0.263. The van der Waals surface area contributed by atoms with Crippen molar-refractivity contribution in [3.8, 4) is 11.5 Å². The first-order valence-electron chi connectivity index (χ1n) is 7.77. The van der Waals surface area contributed by atoms with Crippen LogP contribution in [-0.4, -0.2) is 12.2 Å². The van der Waals surface area contributed by atoms with Gasteiger partial charge in [0.15, 0.2) is 0 Å². The molecule has 0 amide bonds. The van der Waals surface area contributed by atoms with Crippen LogP contribution in [0.25, 0.3) is 0 Å². The number of rotatable bonds is 2. The molecule has 0 radical (unpaired) electrons. The standard InChI is InChI=1S/C19H18BrNO2/c1-23-12-6-7-17-15(10-12)13-3-2-4-14(13)19(21-17)16-9-11(20)5-8-18(16)22/h2-3,5-10,13-14,19,21-22H,4H2,1H3. The van der Waals surface area contributed by atoms with E-state index in [0.717, 1.165) is 27.9 Å². The van der Waals surface area contributed by atoms with Gasteiger partial charge in [0.1, 0.15) is 11.5 Å². The highest BCUT2D eigenvalue weighted by Gasteiger charge is 2.39. The first kappa shape index (κ1) is 14.6. The summed E-state index contributed by atoms with van der Waals surface area (Å²) in [4.78, 5) is 0. The summed E-state index contributed by atoms with van der Waals surface area (Å²) in [6.45, 7) is 0. The van der Waals surface area contributed by atoms with E-state index in [1.165, 1.54) is 5.56 Å². The fourth-order valence-electron chi connectivity index (χ4n) is 3.78. The van der Waals surface area contributed by atoms with E-state index in [2.05, 4.69) is 45.5 Å². The molecule has 3 nitrogen and oxygen atoms in total. The molecule has 0 aromatic heterocycles. The summed E-state index contributed by atoms with van der Waals surface area (Å²) in [5.74, 6) is 1.97. The number of hydrogen-bond acceptors (Lipinski definition) is 3. The Bertz CT molecular complexity index is 787. The van der Waals surface area contributed by atoms with Gasteiger partial charge in [-0.15, -0.1) is 0 Å². The molecule has 23 heavy (non-hydrogen) atoms. The lowest BCUT2D eigenvalue weighted by molar-refractivity contribution is 0.395. The van der Waals surface area contributed by atoms with Gasteiger partial charge in [-0.2, -0.15) is 0 Å². The molecule has 4 rings (SSSR count). The normalized spacial score (nSPS) is 24.7. The van der Waals surface area contributed by atoms with Crippen molar-refractivity contribution < 1.29 is 9.84 Å². The molecule has 1 aliphatic heterocycles. The molecule has 0 bridgehead atoms. The number of aromatic hydroxyl groups is 1. The lowest BCUT2D eigenvalue weighted by Crippen LogP contribution is -2.29. The average Bonchev–Trinajstić information content (AvgIpc) is 3.06. The van der Waals surface area contributed by atoms with E-state index >= 15 is 0 Å². The number of methoxy groups -OCH3 is 1. The minimum atomic E-state index is 0.0911. The number of phenols is 1. The Morgan fingerprint density at radius 3 is 2.87 bits per heavy atom. The Hall–Kier alpha value is -1.94. The minimum Gasteiger partial charge on any atom is -0.508 e. The zero-order valence-electron chi connectivity index (χ0n) is 12.8. The van der Waals surface area contributed by atoms with E-state index in [4.69, 9.17) is 4.74 Å². The molecule has 1 heterocycles. The van der Waals surface area contributed by atoms with Crippen molar-refractivity contribution in [1.29, 1.82) is 0 Å². The van der Waals surface area contributed by atoms with Crippen LogP contribution in [0.3, 0.4) is 0 Å². The monoisotopic (exact) mass is 371 g/mol. The molecule has 3 unspecified atom stereocenters. The molecule has 0 saturated carbocycles. The molecule has 118 valence electrons. The van der Waals surface area contributed by atoms with E-state index in [1.807, 2.05) is 18.2 Å². The second-order valence-corrected chi connectivity index (χ2v) is 7.05. The maximum atomic E-state index is 10.3. The number of halogens is 1. The smallest absolute Gasteiger partial charge is 0.120 e. The van der Waals surface area contributed by atoms with Crippen LogP contribution < -0.4 is 10.1 Å². The van der Waals surface area contributed by atoms with Crippen LogP contribution >= 0.6 is 15.9 Å². The van der Waals surface area contributed by atoms with Gasteiger partial charge in [0.2, 0.25) is 0 Å². The van der Waals surface area contributed by atoms with Crippen molar-refractivity contribution in [3.05, 3.63) is 64.1 Å². The van der Waals surface area contributed by atoms with Crippen LogP contribution in [0, 0.1) is 5.92 Å². The van der Waals surface area contributed by atoms with E-state index in [1.54, 1.807) is 13.2 Å². The Labute approximate surface area is 144 Å². The van der Waals surface area contributed by atoms with E-state index in [9.17, 15) is 5.11 Å². The summed E-state index contributed by atoms with van der Waals surface area (Å²) in [6.07, 6.45) is 5.53. The topological polar surface area (TPSA) is 41.5 Å². The third-order valence-corrected chi connectivity index (χ3v) is 5.39. The summed E-state index contributed by atoms with van der Waals surface area (Å²) in [5.41, 5.74) is 3.33. The van der Waals surface area contributed by atoms with Crippen LogP contribution in [0.1, 0.15) is 29.5 Å². The first-order chi connectivity index (χ1) is 11.2. The van der Waals surface area contributed by atoms with Gasteiger partial charge in [0, 0.05) is 21.6 Å². The molecule has 2 N–H and O–H groups in total. The summed E-state index contributed by atoms with van der Waals surface area (Å²) in [6, 6.07) is 11.9. The van der Waals surface area contributed by atoms with Crippen LogP contribution in [0.15, 0.2) is 53.0 Å². The Morgan fingerprint density at radius 2 is 2.04 bits per heavy atom. The van der Waals surface area contributed by atoms with E-state index in [-0.39, 0.29) is 6.04 Å². The Morgan fingerprint density at radius 1 is 1.17 bits per heavy atom. The molecule has 0 fully saturated rings. The predicted molar refractivity (Wildman–Crippen MR) is 95.2 cm³/mol. The highest BCUT2D eigenvalue weighted by atomic mass is 79.9. The molecular weight excluding hydrogens is 354 g/mol. The number of allylic oxidation sites excluding steroid dienone is 2. The zero-order valence-corrected chi connectivity index (χ0v) is 14.4. The molecule has 3 atom stereocenters. The van der Waals surface area contributed by atoms with Crippen LogP contribution in [-0.2, 0) is 0 Å². The second kappa shape index (κ2) is 5.60. The van der Waals surface area contributed by atoms with Crippen LogP contribution in [0.2, 0.25) is 0 Å². The van der Waals surface area contributed by atoms with Crippen molar-refractivity contribution >= 4 is 21.6 Å². The van der Waals surface area contributed by atoms with Crippen molar-refractivity contribution in [1.82, 2.24) is 0 Å². The van der Waals surface area contributed by atoms with Gasteiger partial charge in [-0.1, -0.05) is 28.1 Å². The van der Waals surface area contributed by atoms with Crippen molar-refractivity contribution in [2.24, 2.45) is 5.92 Å². The van der Waals surface area contributed by atoms with Gasteiger partial charge in [0.05, 0.1) is 13.2 Å². The lowest BCUT2D eigenvalue weighted by Gasteiger charge is -2.37. The van der Waals surface area contributed by atoms with Gasteiger partial charge in [-0.05, 0) is 54.3 Å². The molecular formula is C19H18BrNO2. The number of phenolic OH excluding ortho intramolecular Hbond substituents is 1. The van der Waals surface area contributed by atoms with Gasteiger partial charge >= 0.3 is 0 Å². The maximum absolute atomic E-state index is 10.3. The van der Waals surface area contributed by atoms with Gasteiger partial charge < -0.3 is 15.2 Å². The van der Waals surface area contributed by atoms with Gasteiger partial charge in [-0.3, -0.25) is 0 Å². The Balaban J connectivity index is 1.80. The summed E-state index contributed by atoms with van der Waals surface area (Å²) < 4.78 is 6.36. The maximum Gasteiger partial charge on any atom is 0.120 e. The van der Waals surface area contributed by atoms with Crippen molar-refractivity contribution in [2.45, 2.75) is 18.4 Å². The highest BCUT2D eigenvalue weighted by Crippen LogP contribution is 2.51. The van der Waals surface area contributed by atoms with Gasteiger partial charge in [-0.25, -0.2) is 0 Å². The number of fused-ring (bicyclic) bond motifs is 3. The minimum absolute atomic E-state index is 0.0911. The lowest BCUT2D eigenvalue weighted by atomic mass is 9.77. The molecule has 1 aliphatic carbocycles. The highest BCUT2D eigenvalue weighted by molar-refractivity contribution is 9.10. The fourth-order valence-corrected chi connectivity index (χ4v) is 4.16. The van der Waals surface area contributed by atoms with Crippen molar-refractivity contribution in [2.75, 3.05) is 12.4 Å². The zero-order chi connectivity index (χ0) is 16.0. The largest absolute Gasteiger partial charge is 0.508 e. The summed E-state index contributed by atoms with van der Waals surface area (Å²) in [5, 5.41) is 14.0. The second-order valence-electron chi connectivity index (χ2n) is 6.13. The van der Waals surface area contributed by atoms with Gasteiger partial charge in [0.25, 0.3) is 0 Å². The summed E-state index contributed by atoms with van der Waals surface area (Å²) in [7, 11) is 1.70. The first-order valence-corrected chi connectivity index (χ1v) is 8.56. The number of benzene rings is 2. The van der Waals surface area contributed by atoms with E-state index < -0.39 is 0 Å². The summed E-state index contributed by atoms with van der Waals surface area (Å²) >= 11 is 3.52. The third kappa shape index (κ3) is 2.41. The van der Waals surface area contributed by atoms with Crippen molar-refractivity contribution in [3.63, 3.8) is 0 Å². The number of anilines is 1. The number of nitrogens with one attached hydrogen (secondary N) is 1. The average molecular weight is 372 g/mol. The molecule has 2 aromatic rings. The molecule has 2 aliphatic rings. The third-order valence-electron chi connectivity index (χ3n) is 4.89. The Kier molecular flexibility index (Phi) is 3.57. The van der Waals surface area contributed by atoms with Crippen LogP contribution in [0.4, 0.5) is 5.69 Å². The molecule has 0 saturated heterocycles.